The Kier molecular flexibility index (Phi) is 4.94. The second-order valence-electron chi connectivity index (χ2n) is 6.46. The first kappa shape index (κ1) is 20.2. The normalized spacial score (nSPS) is 13.4. The van der Waals surface area contributed by atoms with Gasteiger partial charge in [-0.1, -0.05) is 0 Å². The van der Waals surface area contributed by atoms with Crippen LogP contribution in [0.25, 0.3) is 0 Å². The first-order valence-corrected chi connectivity index (χ1v) is 11.1. The van der Waals surface area contributed by atoms with Gasteiger partial charge < -0.3 is 5.11 Å². The van der Waals surface area contributed by atoms with E-state index >= 15 is 0 Å². The second kappa shape index (κ2) is 7.33. The topological polar surface area (TPSA) is 109 Å². The Balaban J connectivity index is 1.73. The summed E-state index contributed by atoms with van der Waals surface area (Å²) in [5, 5.41) is 8.97. The van der Waals surface area contributed by atoms with E-state index in [-0.39, 0.29) is 26.5 Å². The lowest BCUT2D eigenvalue weighted by Crippen LogP contribution is -2.29. The Labute approximate surface area is 185 Å². The molecule has 1 aliphatic rings. The number of imide groups is 1. The summed E-state index contributed by atoms with van der Waals surface area (Å²) in [6, 6.07) is 15.3. The number of fused-ring (bicyclic) bond motifs is 1. The number of nitrogens with zero attached hydrogens (tertiary/aromatic N) is 1. The summed E-state index contributed by atoms with van der Waals surface area (Å²) in [6.07, 6.45) is 0. The van der Waals surface area contributed by atoms with Crippen molar-refractivity contribution < 1.29 is 27.9 Å². The predicted octanol–water partition coefficient (Wildman–Crippen LogP) is 3.62. The van der Waals surface area contributed by atoms with Crippen molar-refractivity contribution in [3.63, 3.8) is 0 Å². The van der Waals surface area contributed by atoms with Gasteiger partial charge in [0.05, 0.1) is 32.2 Å². The van der Waals surface area contributed by atoms with Gasteiger partial charge in [0.2, 0.25) is 9.84 Å². The Bertz CT molecular complexity index is 1310. The van der Waals surface area contributed by atoms with Crippen molar-refractivity contribution in [1.29, 1.82) is 0 Å². The van der Waals surface area contributed by atoms with Crippen molar-refractivity contribution in [2.45, 2.75) is 9.79 Å². The fraction of sp³-hybridized carbons (Fsp3) is 0. The van der Waals surface area contributed by atoms with E-state index in [9.17, 15) is 22.8 Å². The molecule has 0 saturated heterocycles. The van der Waals surface area contributed by atoms with Crippen LogP contribution in [-0.2, 0) is 9.84 Å². The average Bonchev–Trinajstić information content (AvgIpc) is 2.99. The Hall–Kier alpha value is -3.05. The molecule has 4 rings (SSSR count). The van der Waals surface area contributed by atoms with Crippen molar-refractivity contribution in [2.75, 3.05) is 4.90 Å². The molecule has 1 aliphatic heterocycles. The molecule has 3 aromatic carbocycles. The minimum absolute atomic E-state index is 0.00165. The number of carbonyl (C=O) groups is 3. The van der Waals surface area contributed by atoms with Crippen LogP contribution in [0.4, 0.5) is 5.69 Å². The Morgan fingerprint density at radius 2 is 1.37 bits per heavy atom. The van der Waals surface area contributed by atoms with E-state index in [4.69, 9.17) is 5.11 Å². The SMILES string of the molecule is O=C(O)c1ccc(S(=O)(=O)c2ccc3c(c2)C(=O)N(c2ccc(I)cc2)C3=O)cc1. The lowest BCUT2D eigenvalue weighted by molar-refractivity contribution is 0.0696. The van der Waals surface area contributed by atoms with Crippen molar-refractivity contribution >= 4 is 55.9 Å². The van der Waals surface area contributed by atoms with E-state index in [0.29, 0.717) is 5.69 Å². The number of anilines is 1. The van der Waals surface area contributed by atoms with Gasteiger partial charge in [-0.3, -0.25) is 9.59 Å². The number of benzene rings is 3. The largest absolute Gasteiger partial charge is 0.478 e. The fourth-order valence-corrected chi connectivity index (χ4v) is 4.77. The molecule has 0 radical (unpaired) electrons. The summed E-state index contributed by atoms with van der Waals surface area (Å²) in [4.78, 5) is 37.3. The maximum absolute atomic E-state index is 12.9. The van der Waals surface area contributed by atoms with E-state index < -0.39 is 27.6 Å². The summed E-state index contributed by atoms with van der Waals surface area (Å²) in [5.41, 5.74) is 0.479. The third kappa shape index (κ3) is 3.29. The van der Waals surface area contributed by atoms with Crippen molar-refractivity contribution in [1.82, 2.24) is 0 Å². The zero-order valence-corrected chi connectivity index (χ0v) is 18.0. The molecule has 0 aromatic heterocycles. The average molecular weight is 533 g/mol. The molecular formula is C21H12INO6S. The summed E-state index contributed by atoms with van der Waals surface area (Å²) < 4.78 is 26.8. The highest BCUT2D eigenvalue weighted by Crippen LogP contribution is 2.32. The molecular weight excluding hydrogens is 521 g/mol. The number of carboxylic acids is 1. The van der Waals surface area contributed by atoms with E-state index in [1.165, 1.54) is 42.5 Å². The molecule has 0 saturated carbocycles. The van der Waals surface area contributed by atoms with Gasteiger partial charge in [-0.25, -0.2) is 18.1 Å². The van der Waals surface area contributed by atoms with Gasteiger partial charge in [0, 0.05) is 3.57 Å². The van der Waals surface area contributed by atoms with E-state index in [2.05, 4.69) is 22.6 Å². The Morgan fingerprint density at radius 1 is 0.800 bits per heavy atom. The molecule has 9 heteroatoms. The zero-order chi connectivity index (χ0) is 21.6. The summed E-state index contributed by atoms with van der Waals surface area (Å²) in [6.45, 7) is 0. The monoisotopic (exact) mass is 533 g/mol. The minimum Gasteiger partial charge on any atom is -0.478 e. The number of carbonyl (C=O) groups excluding carboxylic acids is 2. The molecule has 0 fully saturated rings. The first-order chi connectivity index (χ1) is 14.2. The van der Waals surface area contributed by atoms with Gasteiger partial charge in [-0.2, -0.15) is 0 Å². The van der Waals surface area contributed by atoms with Crippen LogP contribution in [0.15, 0.2) is 76.5 Å². The van der Waals surface area contributed by atoms with Crippen LogP contribution in [0, 0.1) is 3.57 Å². The van der Waals surface area contributed by atoms with Crippen LogP contribution in [0.3, 0.4) is 0 Å². The van der Waals surface area contributed by atoms with Crippen LogP contribution in [-0.4, -0.2) is 31.3 Å². The van der Waals surface area contributed by atoms with Gasteiger partial charge in [-0.05, 0) is 89.3 Å². The zero-order valence-electron chi connectivity index (χ0n) is 15.1. The van der Waals surface area contributed by atoms with Crippen LogP contribution in [0.5, 0.6) is 0 Å². The number of hydrogen-bond acceptors (Lipinski definition) is 5. The minimum atomic E-state index is -4.01. The quantitative estimate of drug-likeness (QED) is 0.406. The van der Waals surface area contributed by atoms with Crippen LogP contribution in [0.2, 0.25) is 0 Å². The first-order valence-electron chi connectivity index (χ1n) is 8.57. The third-order valence-corrected chi connectivity index (χ3v) is 7.15. The number of halogens is 1. The summed E-state index contributed by atoms with van der Waals surface area (Å²) in [7, 11) is -4.01. The molecule has 3 aromatic rings. The maximum Gasteiger partial charge on any atom is 0.335 e. The lowest BCUT2D eigenvalue weighted by atomic mass is 10.1. The van der Waals surface area contributed by atoms with Crippen LogP contribution in [0.1, 0.15) is 31.1 Å². The lowest BCUT2D eigenvalue weighted by Gasteiger charge is -2.13. The highest BCUT2D eigenvalue weighted by Gasteiger charge is 2.37. The van der Waals surface area contributed by atoms with E-state index in [0.717, 1.165) is 8.47 Å². The van der Waals surface area contributed by atoms with Gasteiger partial charge in [0.15, 0.2) is 0 Å². The standard InChI is InChI=1S/C21H12INO6S/c22-13-3-5-14(6-4-13)23-19(24)17-10-9-16(11-18(17)20(23)25)30(28,29)15-7-1-12(2-8-15)21(26)27/h1-11H,(H,26,27). The highest BCUT2D eigenvalue weighted by molar-refractivity contribution is 14.1. The second-order valence-corrected chi connectivity index (χ2v) is 9.66. The molecule has 0 unspecified atom stereocenters. The number of carboxylic acid groups (broad SMARTS) is 1. The summed E-state index contributed by atoms with van der Waals surface area (Å²) in [5.74, 6) is -2.29. The molecule has 0 aliphatic carbocycles. The van der Waals surface area contributed by atoms with Crippen LogP contribution >= 0.6 is 22.6 Å². The molecule has 0 spiro atoms. The molecule has 0 atom stereocenters. The van der Waals surface area contributed by atoms with Gasteiger partial charge in [0.1, 0.15) is 0 Å². The van der Waals surface area contributed by atoms with Gasteiger partial charge in [0.25, 0.3) is 11.8 Å². The smallest absolute Gasteiger partial charge is 0.335 e. The fourth-order valence-electron chi connectivity index (χ4n) is 3.12. The van der Waals surface area contributed by atoms with E-state index in [1.807, 2.05) is 0 Å². The number of sulfone groups is 1. The van der Waals surface area contributed by atoms with Gasteiger partial charge in [-0.15, -0.1) is 0 Å². The molecule has 30 heavy (non-hydrogen) atoms. The molecule has 1 N–H and O–H groups in total. The maximum atomic E-state index is 12.9. The van der Waals surface area contributed by atoms with Crippen molar-refractivity contribution in [3.05, 3.63) is 87.0 Å². The van der Waals surface area contributed by atoms with Crippen molar-refractivity contribution in [2.24, 2.45) is 0 Å². The molecule has 2 amide bonds. The molecule has 150 valence electrons. The number of rotatable bonds is 4. The number of aromatic carboxylic acids is 1. The number of amides is 2. The van der Waals surface area contributed by atoms with Gasteiger partial charge >= 0.3 is 5.97 Å². The third-order valence-electron chi connectivity index (χ3n) is 4.66. The summed E-state index contributed by atoms with van der Waals surface area (Å²) >= 11 is 2.11. The highest BCUT2D eigenvalue weighted by atomic mass is 127. The van der Waals surface area contributed by atoms with Crippen molar-refractivity contribution in [3.8, 4) is 0 Å². The van der Waals surface area contributed by atoms with E-state index in [1.54, 1.807) is 24.3 Å². The Morgan fingerprint density at radius 3 is 1.97 bits per heavy atom. The number of hydrogen-bond donors (Lipinski definition) is 1. The predicted molar refractivity (Wildman–Crippen MR) is 116 cm³/mol. The molecule has 0 bridgehead atoms. The molecule has 7 nitrogen and oxygen atoms in total. The van der Waals surface area contributed by atoms with Crippen LogP contribution < -0.4 is 4.90 Å². The molecule has 1 heterocycles.